The van der Waals surface area contributed by atoms with E-state index in [9.17, 15) is 5.11 Å². The van der Waals surface area contributed by atoms with E-state index < -0.39 is 6.10 Å². The molecule has 0 bridgehead atoms. The van der Waals surface area contributed by atoms with Crippen molar-refractivity contribution in [2.24, 2.45) is 5.41 Å². The number of aliphatic hydroxyl groups excluding tert-OH is 1. The van der Waals surface area contributed by atoms with E-state index in [1.165, 1.54) is 0 Å². The van der Waals surface area contributed by atoms with Gasteiger partial charge in [0.2, 0.25) is 0 Å². The first-order valence-electron chi connectivity index (χ1n) is 7.74. The van der Waals surface area contributed by atoms with Crippen LogP contribution in [0.3, 0.4) is 0 Å². The highest BCUT2D eigenvalue weighted by Gasteiger charge is 2.52. The number of ether oxygens (including phenoxy) is 1. The molecule has 1 heterocycles. The highest BCUT2D eigenvalue weighted by molar-refractivity contribution is 5.08. The Morgan fingerprint density at radius 1 is 1.45 bits per heavy atom. The first kappa shape index (κ1) is 15.5. The van der Waals surface area contributed by atoms with Gasteiger partial charge in [-0.1, -0.05) is 13.8 Å². The van der Waals surface area contributed by atoms with Crippen molar-refractivity contribution in [2.45, 2.75) is 58.3 Å². The standard InChI is InChI=1S/C16H27NO3/c1-4-16(5-2)14(10-15(16)19-6-3)17-11-12(18)13-8-7-9-20-13/h7-9,12,14-15,17-18H,4-6,10-11H2,1-3H3. The molecular formula is C16H27NO3. The molecule has 3 unspecified atom stereocenters. The van der Waals surface area contributed by atoms with Gasteiger partial charge in [-0.25, -0.2) is 0 Å². The maximum Gasteiger partial charge on any atom is 0.133 e. The number of hydrogen-bond donors (Lipinski definition) is 2. The van der Waals surface area contributed by atoms with Crippen molar-refractivity contribution in [2.75, 3.05) is 13.2 Å². The highest BCUT2D eigenvalue weighted by Crippen LogP contribution is 2.48. The summed E-state index contributed by atoms with van der Waals surface area (Å²) in [5.74, 6) is 0.622. The van der Waals surface area contributed by atoms with Gasteiger partial charge in [-0.15, -0.1) is 0 Å². The summed E-state index contributed by atoms with van der Waals surface area (Å²) in [5.41, 5.74) is 0.207. The third kappa shape index (κ3) is 2.78. The predicted molar refractivity (Wildman–Crippen MR) is 78.5 cm³/mol. The molecule has 0 radical (unpaired) electrons. The minimum Gasteiger partial charge on any atom is -0.467 e. The van der Waals surface area contributed by atoms with Gasteiger partial charge in [-0.2, -0.15) is 0 Å². The zero-order chi connectivity index (χ0) is 14.6. The van der Waals surface area contributed by atoms with E-state index in [0.717, 1.165) is 25.9 Å². The normalized spacial score (nSPS) is 26.2. The molecule has 3 atom stereocenters. The predicted octanol–water partition coefficient (Wildman–Crippen LogP) is 2.89. The second kappa shape index (κ2) is 6.74. The third-order valence-corrected chi connectivity index (χ3v) is 4.90. The van der Waals surface area contributed by atoms with Gasteiger partial charge < -0.3 is 19.6 Å². The number of hydrogen-bond acceptors (Lipinski definition) is 4. The average Bonchev–Trinajstić information content (AvgIpc) is 2.97. The lowest BCUT2D eigenvalue weighted by molar-refractivity contribution is -0.139. The van der Waals surface area contributed by atoms with Gasteiger partial charge in [0.05, 0.1) is 12.4 Å². The zero-order valence-corrected chi connectivity index (χ0v) is 12.8. The van der Waals surface area contributed by atoms with Gasteiger partial charge in [0.15, 0.2) is 0 Å². The molecule has 20 heavy (non-hydrogen) atoms. The average molecular weight is 281 g/mol. The SMILES string of the molecule is CCOC1CC(NCC(O)c2ccco2)C1(CC)CC. The van der Waals surface area contributed by atoms with Crippen LogP contribution in [0.25, 0.3) is 0 Å². The molecule has 0 saturated heterocycles. The van der Waals surface area contributed by atoms with E-state index in [4.69, 9.17) is 9.15 Å². The summed E-state index contributed by atoms with van der Waals surface area (Å²) in [7, 11) is 0. The fourth-order valence-corrected chi connectivity index (χ4v) is 3.50. The van der Waals surface area contributed by atoms with Crippen LogP contribution in [-0.4, -0.2) is 30.4 Å². The third-order valence-electron chi connectivity index (χ3n) is 4.90. The monoisotopic (exact) mass is 281 g/mol. The highest BCUT2D eigenvalue weighted by atomic mass is 16.5. The number of aliphatic hydroxyl groups is 1. The first-order chi connectivity index (χ1) is 9.67. The Bertz CT molecular complexity index is 386. The summed E-state index contributed by atoms with van der Waals surface area (Å²) in [6.45, 7) is 7.81. The Morgan fingerprint density at radius 3 is 2.75 bits per heavy atom. The molecule has 1 aromatic rings. The van der Waals surface area contributed by atoms with Crippen molar-refractivity contribution in [3.05, 3.63) is 24.2 Å². The van der Waals surface area contributed by atoms with E-state index in [1.807, 2.05) is 6.07 Å². The van der Waals surface area contributed by atoms with E-state index in [0.29, 0.717) is 24.5 Å². The smallest absolute Gasteiger partial charge is 0.133 e. The van der Waals surface area contributed by atoms with E-state index in [1.54, 1.807) is 12.3 Å². The van der Waals surface area contributed by atoms with Crippen LogP contribution < -0.4 is 5.32 Å². The van der Waals surface area contributed by atoms with Crippen molar-refractivity contribution in [3.8, 4) is 0 Å². The van der Waals surface area contributed by atoms with Crippen LogP contribution in [-0.2, 0) is 4.74 Å². The summed E-state index contributed by atoms with van der Waals surface area (Å²) < 4.78 is 11.1. The number of furan rings is 1. The molecule has 4 heteroatoms. The maximum atomic E-state index is 10.1. The summed E-state index contributed by atoms with van der Waals surface area (Å²) >= 11 is 0. The molecule has 1 aromatic heterocycles. The summed E-state index contributed by atoms with van der Waals surface area (Å²) in [5, 5.41) is 13.6. The zero-order valence-electron chi connectivity index (χ0n) is 12.8. The van der Waals surface area contributed by atoms with Crippen LogP contribution >= 0.6 is 0 Å². The van der Waals surface area contributed by atoms with Gasteiger partial charge in [-0.05, 0) is 38.3 Å². The van der Waals surface area contributed by atoms with Crippen molar-refractivity contribution < 1.29 is 14.3 Å². The molecule has 114 valence electrons. The van der Waals surface area contributed by atoms with Crippen LogP contribution in [0.15, 0.2) is 22.8 Å². The quantitative estimate of drug-likeness (QED) is 0.769. The molecule has 0 aliphatic heterocycles. The molecule has 0 spiro atoms. The largest absolute Gasteiger partial charge is 0.467 e. The van der Waals surface area contributed by atoms with E-state index in [2.05, 4.69) is 26.1 Å². The Balaban J connectivity index is 1.89. The maximum absolute atomic E-state index is 10.1. The van der Waals surface area contributed by atoms with Gasteiger partial charge in [0.1, 0.15) is 11.9 Å². The van der Waals surface area contributed by atoms with Crippen molar-refractivity contribution in [3.63, 3.8) is 0 Å². The fourth-order valence-electron chi connectivity index (χ4n) is 3.50. The molecule has 1 aliphatic carbocycles. The summed E-state index contributed by atoms with van der Waals surface area (Å²) in [4.78, 5) is 0. The molecule has 0 aromatic carbocycles. The molecule has 0 amide bonds. The topological polar surface area (TPSA) is 54.6 Å². The fraction of sp³-hybridized carbons (Fsp3) is 0.750. The molecule has 2 rings (SSSR count). The van der Waals surface area contributed by atoms with Gasteiger partial charge >= 0.3 is 0 Å². The first-order valence-corrected chi connectivity index (χ1v) is 7.74. The van der Waals surface area contributed by atoms with Crippen molar-refractivity contribution >= 4 is 0 Å². The summed E-state index contributed by atoms with van der Waals surface area (Å²) in [6, 6.07) is 4.02. The molecule has 1 saturated carbocycles. The van der Waals surface area contributed by atoms with Crippen LogP contribution in [0.1, 0.15) is 51.9 Å². The van der Waals surface area contributed by atoms with Gasteiger partial charge in [0, 0.05) is 24.6 Å². The Kier molecular flexibility index (Phi) is 5.24. The second-order valence-corrected chi connectivity index (χ2v) is 5.61. The van der Waals surface area contributed by atoms with Crippen LogP contribution in [0.2, 0.25) is 0 Å². The summed E-state index contributed by atoms with van der Waals surface area (Å²) in [6.07, 6.45) is 4.59. The Hall–Kier alpha value is -0.840. The number of rotatable bonds is 8. The second-order valence-electron chi connectivity index (χ2n) is 5.61. The molecular weight excluding hydrogens is 254 g/mol. The van der Waals surface area contributed by atoms with Crippen LogP contribution in [0, 0.1) is 5.41 Å². The lowest BCUT2D eigenvalue weighted by Crippen LogP contribution is -2.63. The molecule has 2 N–H and O–H groups in total. The Morgan fingerprint density at radius 2 is 2.20 bits per heavy atom. The van der Waals surface area contributed by atoms with E-state index >= 15 is 0 Å². The van der Waals surface area contributed by atoms with Crippen molar-refractivity contribution in [1.29, 1.82) is 0 Å². The van der Waals surface area contributed by atoms with Crippen LogP contribution in [0.4, 0.5) is 0 Å². The van der Waals surface area contributed by atoms with E-state index in [-0.39, 0.29) is 5.41 Å². The Labute approximate surface area is 121 Å². The van der Waals surface area contributed by atoms with Gasteiger partial charge in [0.25, 0.3) is 0 Å². The molecule has 1 aliphatic rings. The van der Waals surface area contributed by atoms with Gasteiger partial charge in [-0.3, -0.25) is 0 Å². The lowest BCUT2D eigenvalue weighted by atomic mass is 9.58. The lowest BCUT2D eigenvalue weighted by Gasteiger charge is -2.55. The number of nitrogens with one attached hydrogen (secondary N) is 1. The van der Waals surface area contributed by atoms with Crippen molar-refractivity contribution in [1.82, 2.24) is 5.32 Å². The minimum atomic E-state index is -0.581. The van der Waals surface area contributed by atoms with Crippen LogP contribution in [0.5, 0.6) is 0 Å². The molecule has 1 fully saturated rings. The minimum absolute atomic E-state index is 0.207. The molecule has 4 nitrogen and oxygen atoms in total.